The number of hydrogen-bond acceptors (Lipinski definition) is 7. The van der Waals surface area contributed by atoms with E-state index in [2.05, 4.69) is 4.74 Å². The molecule has 2 rings (SSSR count). The van der Waals surface area contributed by atoms with Gasteiger partial charge in [0.1, 0.15) is 11.4 Å². The highest BCUT2D eigenvalue weighted by atomic mass is 16.5. The Morgan fingerprint density at radius 2 is 1.91 bits per heavy atom. The molecule has 0 heterocycles. The minimum absolute atomic E-state index is 0.119. The molecule has 0 saturated heterocycles. The van der Waals surface area contributed by atoms with Gasteiger partial charge >= 0.3 is 5.97 Å². The van der Waals surface area contributed by atoms with Gasteiger partial charge in [-0.1, -0.05) is 37.5 Å². The Kier molecular flexibility index (Phi) is 10.0. The molecule has 7 heteroatoms. The smallest absolute Gasteiger partial charge is 0.305 e. The average Bonchev–Trinajstić information content (AvgIpc) is 3.02. The van der Waals surface area contributed by atoms with Crippen molar-refractivity contribution in [3.8, 4) is 5.75 Å². The Hall–Kier alpha value is -2.09. The van der Waals surface area contributed by atoms with Crippen molar-refractivity contribution < 1.29 is 29.6 Å². The van der Waals surface area contributed by atoms with Gasteiger partial charge in [0.25, 0.3) is 0 Å². The molecule has 1 fully saturated rings. The van der Waals surface area contributed by atoms with Gasteiger partial charge in [-0.2, -0.15) is 0 Å². The van der Waals surface area contributed by atoms with Gasteiger partial charge in [0.15, 0.2) is 0 Å². The number of carbonyl (C=O) groups is 1. The van der Waals surface area contributed by atoms with E-state index in [1.54, 1.807) is 26.0 Å². The van der Waals surface area contributed by atoms with Crippen molar-refractivity contribution in [3.05, 3.63) is 35.9 Å². The highest BCUT2D eigenvalue weighted by molar-refractivity contribution is 5.68. The van der Waals surface area contributed by atoms with E-state index in [-0.39, 0.29) is 11.9 Å². The first-order valence-electron chi connectivity index (χ1n) is 11.5. The molecule has 2 unspecified atom stereocenters. The lowest BCUT2D eigenvalue weighted by atomic mass is 9.90. The number of unbranched alkanes of at least 4 members (excludes halogenated alkanes) is 3. The van der Waals surface area contributed by atoms with E-state index in [1.807, 2.05) is 18.2 Å². The lowest BCUT2D eigenvalue weighted by molar-refractivity contribution is -0.140. The van der Waals surface area contributed by atoms with Crippen molar-refractivity contribution in [3.63, 3.8) is 0 Å². The van der Waals surface area contributed by atoms with E-state index < -0.39 is 23.9 Å². The van der Waals surface area contributed by atoms with E-state index >= 15 is 0 Å². The summed E-state index contributed by atoms with van der Waals surface area (Å²) in [7, 11) is 1.39. The number of rotatable bonds is 12. The predicted molar refractivity (Wildman–Crippen MR) is 124 cm³/mol. The van der Waals surface area contributed by atoms with Crippen LogP contribution >= 0.6 is 0 Å². The normalized spacial score (nSPS) is 23.3. The largest absolute Gasteiger partial charge is 0.483 e. The Labute approximate surface area is 191 Å². The molecular weight excluding hydrogens is 410 g/mol. The predicted octanol–water partition coefficient (Wildman–Crippen LogP) is 3.36. The number of para-hydroxylation sites is 2. The molecule has 1 saturated carbocycles. The number of ether oxygens (including phenoxy) is 2. The topological polar surface area (TPSA) is 122 Å². The second-order valence-electron chi connectivity index (χ2n) is 9.15. The van der Waals surface area contributed by atoms with Crippen LogP contribution in [0.5, 0.6) is 5.75 Å². The Morgan fingerprint density at radius 1 is 1.22 bits per heavy atom. The minimum atomic E-state index is -0.885. The van der Waals surface area contributed by atoms with Crippen LogP contribution in [0.15, 0.2) is 35.9 Å². The fraction of sp³-hybridized carbons (Fsp3) is 0.640. The number of aliphatic hydroxyl groups is 3. The summed E-state index contributed by atoms with van der Waals surface area (Å²) < 4.78 is 10.6. The number of anilines is 1. The Morgan fingerprint density at radius 3 is 2.59 bits per heavy atom. The zero-order valence-corrected chi connectivity index (χ0v) is 19.5. The van der Waals surface area contributed by atoms with Crippen molar-refractivity contribution >= 4 is 11.7 Å². The zero-order chi connectivity index (χ0) is 23.7. The van der Waals surface area contributed by atoms with Crippen molar-refractivity contribution in [2.45, 2.75) is 89.1 Å². The number of esters is 1. The maximum atomic E-state index is 11.2. The lowest BCUT2D eigenvalue weighted by Crippen LogP contribution is -2.42. The molecule has 1 aromatic carbocycles. The first-order chi connectivity index (χ1) is 15.2. The summed E-state index contributed by atoms with van der Waals surface area (Å²) in [5.41, 5.74) is 6.36. The molecule has 1 aliphatic carbocycles. The number of methoxy groups -OCH3 is 1. The number of hydrogen-bond donors (Lipinski definition) is 4. The van der Waals surface area contributed by atoms with Crippen molar-refractivity contribution in [1.82, 2.24) is 0 Å². The Bertz CT molecular complexity index is 763. The van der Waals surface area contributed by atoms with Crippen LogP contribution in [0.2, 0.25) is 0 Å². The van der Waals surface area contributed by atoms with Gasteiger partial charge in [0.05, 0.1) is 31.1 Å². The molecule has 0 radical (unpaired) electrons. The number of carbonyl (C=O) groups excluding carboxylic acids is 1. The third-order valence-electron chi connectivity index (χ3n) is 6.29. The van der Waals surface area contributed by atoms with E-state index in [0.717, 1.165) is 37.7 Å². The van der Waals surface area contributed by atoms with Crippen LogP contribution in [0.1, 0.15) is 65.2 Å². The third-order valence-corrected chi connectivity index (χ3v) is 6.29. The molecule has 32 heavy (non-hydrogen) atoms. The summed E-state index contributed by atoms with van der Waals surface area (Å²) in [6.07, 6.45) is 5.12. The zero-order valence-electron chi connectivity index (χ0n) is 19.5. The number of benzene rings is 1. The molecule has 0 bridgehead atoms. The summed E-state index contributed by atoms with van der Waals surface area (Å²) in [4.78, 5) is 11.2. The molecule has 0 aromatic heterocycles. The maximum Gasteiger partial charge on any atom is 0.305 e. The standard InChI is InChI=1S/C25H39NO6/c1-25(2,32-22-12-9-8-11-19(22)26)23(29)15-14-18-17(20(27)16-21(18)28)10-6-4-5-7-13-24(30)31-3/h8-9,11-12,14,17,20-21,23,27-29H,4-7,10,13,15-16,26H2,1-3H3/b18-14+/t17?,20-,21+,23?/m0/s1. The monoisotopic (exact) mass is 449 g/mol. The summed E-state index contributed by atoms with van der Waals surface area (Å²) in [5.74, 6) is 0.210. The molecule has 0 aliphatic heterocycles. The lowest BCUT2D eigenvalue weighted by Gasteiger charge is -2.32. The highest BCUT2D eigenvalue weighted by Gasteiger charge is 2.37. The Balaban J connectivity index is 1.90. The van der Waals surface area contributed by atoms with Crippen molar-refractivity contribution in [1.29, 1.82) is 0 Å². The second kappa shape index (κ2) is 12.2. The summed E-state index contributed by atoms with van der Waals surface area (Å²) in [6.45, 7) is 3.60. The molecular formula is C25H39NO6. The van der Waals surface area contributed by atoms with Crippen molar-refractivity contribution in [2.24, 2.45) is 5.92 Å². The molecule has 1 aliphatic rings. The van der Waals surface area contributed by atoms with E-state index in [0.29, 0.717) is 30.7 Å². The second-order valence-corrected chi connectivity index (χ2v) is 9.15. The summed E-state index contributed by atoms with van der Waals surface area (Å²) in [5, 5.41) is 31.6. The van der Waals surface area contributed by atoms with Gasteiger partial charge in [0, 0.05) is 18.8 Å². The van der Waals surface area contributed by atoms with E-state index in [1.165, 1.54) is 7.11 Å². The number of nitrogen functional groups attached to an aromatic ring is 1. The van der Waals surface area contributed by atoms with Crippen LogP contribution < -0.4 is 10.5 Å². The number of aliphatic hydroxyl groups excluding tert-OH is 3. The minimum Gasteiger partial charge on any atom is -0.483 e. The molecule has 1 aromatic rings. The van der Waals surface area contributed by atoms with Gasteiger partial charge in [-0.15, -0.1) is 0 Å². The average molecular weight is 450 g/mol. The molecule has 0 spiro atoms. The molecule has 5 N–H and O–H groups in total. The molecule has 4 atom stereocenters. The summed E-state index contributed by atoms with van der Waals surface area (Å²) in [6, 6.07) is 7.16. The van der Waals surface area contributed by atoms with Crippen LogP contribution in [0.4, 0.5) is 5.69 Å². The first-order valence-corrected chi connectivity index (χ1v) is 11.5. The fourth-order valence-corrected chi connectivity index (χ4v) is 4.19. The SMILES string of the molecule is COC(=O)CCCCCCC1/C(=C\CC(O)C(C)(C)Oc2ccccc2N)[C@H](O)C[C@@H]1O. The molecule has 7 nitrogen and oxygen atoms in total. The van der Waals surface area contributed by atoms with E-state index in [9.17, 15) is 20.1 Å². The van der Waals surface area contributed by atoms with Gasteiger partial charge in [0.2, 0.25) is 0 Å². The van der Waals surface area contributed by atoms with Crippen molar-refractivity contribution in [2.75, 3.05) is 12.8 Å². The van der Waals surface area contributed by atoms with Gasteiger partial charge < -0.3 is 30.5 Å². The molecule has 180 valence electrons. The molecule has 0 amide bonds. The van der Waals surface area contributed by atoms with Gasteiger partial charge in [-0.05, 0) is 50.8 Å². The quantitative estimate of drug-likeness (QED) is 0.167. The van der Waals surface area contributed by atoms with E-state index in [4.69, 9.17) is 10.5 Å². The number of nitrogens with two attached hydrogens (primary N) is 1. The fourth-order valence-electron chi connectivity index (χ4n) is 4.19. The van der Waals surface area contributed by atoms with Crippen LogP contribution in [0.25, 0.3) is 0 Å². The van der Waals surface area contributed by atoms with Crippen LogP contribution in [0, 0.1) is 5.92 Å². The van der Waals surface area contributed by atoms with Crippen LogP contribution in [-0.2, 0) is 9.53 Å². The summed E-state index contributed by atoms with van der Waals surface area (Å²) >= 11 is 0. The van der Waals surface area contributed by atoms with Crippen LogP contribution in [-0.4, -0.2) is 52.3 Å². The third kappa shape index (κ3) is 7.50. The first kappa shape index (κ1) is 26.2. The van der Waals surface area contributed by atoms with Gasteiger partial charge in [-0.3, -0.25) is 4.79 Å². The highest BCUT2D eigenvalue weighted by Crippen LogP contribution is 2.37. The van der Waals surface area contributed by atoms with Gasteiger partial charge in [-0.25, -0.2) is 0 Å². The van der Waals surface area contributed by atoms with Crippen LogP contribution in [0.3, 0.4) is 0 Å². The maximum absolute atomic E-state index is 11.2.